The van der Waals surface area contributed by atoms with Gasteiger partial charge in [-0.15, -0.1) is 10.2 Å². The molecule has 5 nitrogen and oxygen atoms in total. The van der Waals surface area contributed by atoms with Gasteiger partial charge in [-0.25, -0.2) is 0 Å². The Kier molecular flexibility index (Phi) is 2.37. The van der Waals surface area contributed by atoms with E-state index in [9.17, 15) is 0 Å². The molecule has 0 aliphatic carbocycles. The topological polar surface area (TPSA) is 69.6 Å². The van der Waals surface area contributed by atoms with Crippen LogP contribution in [0.1, 0.15) is 19.9 Å². The molecule has 0 spiro atoms. The predicted molar refractivity (Wildman–Crippen MR) is 58.1 cm³/mol. The Hall–Kier alpha value is -1.91. The quantitative estimate of drug-likeness (QED) is 0.803. The van der Waals surface area contributed by atoms with E-state index in [0.29, 0.717) is 11.7 Å². The Bertz CT molecular complexity index is 460. The van der Waals surface area contributed by atoms with Gasteiger partial charge in [0.15, 0.2) is 5.82 Å². The number of nitrogens with two attached hydrogens (primary N) is 1. The van der Waals surface area contributed by atoms with Gasteiger partial charge in [0.25, 0.3) is 0 Å². The second-order valence-corrected chi connectivity index (χ2v) is 3.66. The van der Waals surface area contributed by atoms with Crippen LogP contribution in [0.4, 0.5) is 5.69 Å². The van der Waals surface area contributed by atoms with Gasteiger partial charge in [-0.2, -0.15) is 0 Å². The fourth-order valence-electron chi connectivity index (χ4n) is 1.41. The lowest BCUT2D eigenvalue weighted by Crippen LogP contribution is -2.02. The summed E-state index contributed by atoms with van der Waals surface area (Å²) >= 11 is 0. The molecule has 0 unspecified atom stereocenters. The highest BCUT2D eigenvalue weighted by molar-refractivity contribution is 5.59. The van der Waals surface area contributed by atoms with E-state index in [-0.39, 0.29) is 0 Å². The van der Waals surface area contributed by atoms with Crippen LogP contribution >= 0.6 is 0 Å². The van der Waals surface area contributed by atoms with Gasteiger partial charge >= 0.3 is 0 Å². The van der Waals surface area contributed by atoms with Crippen LogP contribution in [0.2, 0.25) is 0 Å². The second kappa shape index (κ2) is 3.68. The number of aromatic nitrogens is 4. The predicted octanol–water partition coefficient (Wildman–Crippen LogP) is 1.50. The Labute approximate surface area is 88.0 Å². The third-order valence-electron chi connectivity index (χ3n) is 2.15. The van der Waals surface area contributed by atoms with Crippen molar-refractivity contribution in [3.63, 3.8) is 0 Å². The SMILES string of the molecule is CC(C)n1cnnc1-c1cncc(N)c1. The van der Waals surface area contributed by atoms with Crippen LogP contribution < -0.4 is 5.73 Å². The van der Waals surface area contributed by atoms with E-state index in [0.717, 1.165) is 11.4 Å². The lowest BCUT2D eigenvalue weighted by molar-refractivity contribution is 0.604. The molecule has 0 saturated carbocycles. The Balaban J connectivity index is 2.49. The largest absolute Gasteiger partial charge is 0.397 e. The molecule has 15 heavy (non-hydrogen) atoms. The molecule has 0 amide bonds. The first-order valence-electron chi connectivity index (χ1n) is 4.79. The summed E-state index contributed by atoms with van der Waals surface area (Å²) in [7, 11) is 0. The molecule has 2 N–H and O–H groups in total. The van der Waals surface area contributed by atoms with E-state index in [1.165, 1.54) is 0 Å². The highest BCUT2D eigenvalue weighted by Crippen LogP contribution is 2.20. The van der Waals surface area contributed by atoms with Gasteiger partial charge in [0.2, 0.25) is 0 Å². The first-order chi connectivity index (χ1) is 7.18. The highest BCUT2D eigenvalue weighted by atomic mass is 15.3. The van der Waals surface area contributed by atoms with Crippen molar-refractivity contribution in [2.45, 2.75) is 19.9 Å². The molecule has 2 aromatic heterocycles. The molecule has 2 heterocycles. The van der Waals surface area contributed by atoms with E-state index in [4.69, 9.17) is 5.73 Å². The minimum atomic E-state index is 0.316. The lowest BCUT2D eigenvalue weighted by atomic mass is 10.2. The van der Waals surface area contributed by atoms with E-state index < -0.39 is 0 Å². The molecule has 0 aromatic carbocycles. The van der Waals surface area contributed by atoms with Gasteiger partial charge in [0.1, 0.15) is 6.33 Å². The number of hydrogen-bond acceptors (Lipinski definition) is 4. The maximum absolute atomic E-state index is 5.67. The highest BCUT2D eigenvalue weighted by Gasteiger charge is 2.09. The lowest BCUT2D eigenvalue weighted by Gasteiger charge is -2.09. The standard InChI is InChI=1S/C10H13N5/c1-7(2)15-6-13-14-10(15)8-3-9(11)5-12-4-8/h3-7H,11H2,1-2H3. The number of nitrogens with zero attached hydrogens (tertiary/aromatic N) is 4. The first-order valence-corrected chi connectivity index (χ1v) is 4.79. The summed E-state index contributed by atoms with van der Waals surface area (Å²) in [5, 5.41) is 7.96. The summed E-state index contributed by atoms with van der Waals surface area (Å²) in [5.41, 5.74) is 7.19. The maximum Gasteiger partial charge on any atom is 0.165 e. The molecule has 0 aliphatic rings. The van der Waals surface area contributed by atoms with Crippen LogP contribution in [0.15, 0.2) is 24.8 Å². The van der Waals surface area contributed by atoms with E-state index >= 15 is 0 Å². The molecule has 2 aromatic rings. The fourth-order valence-corrected chi connectivity index (χ4v) is 1.41. The summed E-state index contributed by atoms with van der Waals surface area (Å²) in [5.74, 6) is 0.796. The van der Waals surface area contributed by atoms with Crippen molar-refractivity contribution in [1.29, 1.82) is 0 Å². The van der Waals surface area contributed by atoms with Crippen molar-refractivity contribution in [3.8, 4) is 11.4 Å². The number of rotatable bonds is 2. The number of hydrogen-bond donors (Lipinski definition) is 1. The van der Waals surface area contributed by atoms with Crippen LogP contribution in [0.5, 0.6) is 0 Å². The molecule has 5 heteroatoms. The van der Waals surface area contributed by atoms with Crippen molar-refractivity contribution in [1.82, 2.24) is 19.7 Å². The molecule has 0 aliphatic heterocycles. The third kappa shape index (κ3) is 1.81. The second-order valence-electron chi connectivity index (χ2n) is 3.66. The van der Waals surface area contributed by atoms with Gasteiger partial charge in [-0.05, 0) is 19.9 Å². The average Bonchev–Trinajstić information content (AvgIpc) is 2.65. The molecule has 0 bridgehead atoms. The van der Waals surface area contributed by atoms with Crippen LogP contribution in [0.25, 0.3) is 11.4 Å². The summed E-state index contributed by atoms with van der Waals surface area (Å²) in [6, 6.07) is 2.16. The van der Waals surface area contributed by atoms with Crippen molar-refractivity contribution < 1.29 is 0 Å². The van der Waals surface area contributed by atoms with Crippen LogP contribution in [0.3, 0.4) is 0 Å². The number of nitrogen functional groups attached to an aromatic ring is 1. The molecule has 0 fully saturated rings. The van der Waals surface area contributed by atoms with E-state index in [1.54, 1.807) is 18.7 Å². The molecular formula is C10H13N5. The van der Waals surface area contributed by atoms with Crippen molar-refractivity contribution in [3.05, 3.63) is 24.8 Å². The Morgan fingerprint density at radius 2 is 2.13 bits per heavy atom. The van der Waals surface area contributed by atoms with Crippen molar-refractivity contribution in [2.75, 3.05) is 5.73 Å². The number of pyridine rings is 1. The average molecular weight is 203 g/mol. The number of anilines is 1. The van der Waals surface area contributed by atoms with E-state index in [1.807, 2.05) is 10.6 Å². The van der Waals surface area contributed by atoms with E-state index in [2.05, 4.69) is 29.0 Å². The van der Waals surface area contributed by atoms with Crippen molar-refractivity contribution in [2.24, 2.45) is 0 Å². The van der Waals surface area contributed by atoms with Gasteiger partial charge < -0.3 is 10.3 Å². The smallest absolute Gasteiger partial charge is 0.165 e. The molecule has 2 rings (SSSR count). The summed E-state index contributed by atoms with van der Waals surface area (Å²) in [4.78, 5) is 4.03. The van der Waals surface area contributed by atoms with Crippen LogP contribution in [-0.2, 0) is 0 Å². The maximum atomic E-state index is 5.67. The fraction of sp³-hybridized carbons (Fsp3) is 0.300. The Morgan fingerprint density at radius 1 is 1.33 bits per heavy atom. The monoisotopic (exact) mass is 203 g/mol. The molecule has 0 atom stereocenters. The van der Waals surface area contributed by atoms with Gasteiger partial charge in [0, 0.05) is 24.0 Å². The van der Waals surface area contributed by atoms with Crippen molar-refractivity contribution >= 4 is 5.69 Å². The zero-order chi connectivity index (χ0) is 10.8. The zero-order valence-electron chi connectivity index (χ0n) is 8.75. The van der Waals surface area contributed by atoms with Gasteiger partial charge in [-0.3, -0.25) is 4.98 Å². The normalized spacial score (nSPS) is 10.9. The zero-order valence-corrected chi connectivity index (χ0v) is 8.75. The molecule has 0 saturated heterocycles. The van der Waals surface area contributed by atoms with Gasteiger partial charge in [-0.1, -0.05) is 0 Å². The minimum absolute atomic E-state index is 0.316. The van der Waals surface area contributed by atoms with Crippen LogP contribution in [0, 0.1) is 0 Å². The summed E-state index contributed by atoms with van der Waals surface area (Å²) in [6.07, 6.45) is 5.06. The van der Waals surface area contributed by atoms with Gasteiger partial charge in [0.05, 0.1) is 5.69 Å². The summed E-state index contributed by atoms with van der Waals surface area (Å²) in [6.45, 7) is 4.15. The molecular weight excluding hydrogens is 190 g/mol. The molecule has 78 valence electrons. The Morgan fingerprint density at radius 3 is 2.80 bits per heavy atom. The minimum Gasteiger partial charge on any atom is -0.397 e. The molecule has 0 radical (unpaired) electrons. The summed E-state index contributed by atoms with van der Waals surface area (Å²) < 4.78 is 1.98. The van der Waals surface area contributed by atoms with Crippen LogP contribution in [-0.4, -0.2) is 19.7 Å². The third-order valence-corrected chi connectivity index (χ3v) is 2.15. The first kappa shape index (κ1) is 9.64.